The number of tetrazole rings is 1. The van der Waals surface area contributed by atoms with Crippen molar-refractivity contribution in [3.8, 4) is 11.8 Å². The van der Waals surface area contributed by atoms with Gasteiger partial charge in [0.15, 0.2) is 0 Å². The van der Waals surface area contributed by atoms with Crippen LogP contribution in [0.25, 0.3) is 5.69 Å². The lowest BCUT2D eigenvalue weighted by atomic mass is 9.77. The summed E-state index contributed by atoms with van der Waals surface area (Å²) in [5.74, 6) is 0.531. The number of halogens is 1. The highest BCUT2D eigenvalue weighted by Gasteiger charge is 2.43. The van der Waals surface area contributed by atoms with Crippen LogP contribution < -0.4 is 10.6 Å². The first kappa shape index (κ1) is 24.1. The molecule has 188 valence electrons. The Morgan fingerprint density at radius 2 is 1.86 bits per heavy atom. The molecule has 1 aliphatic heterocycles. The van der Waals surface area contributed by atoms with Crippen LogP contribution in [-0.2, 0) is 0 Å². The van der Waals surface area contributed by atoms with Gasteiger partial charge in [-0.25, -0.2) is 14.1 Å². The molecule has 1 aliphatic carbocycles. The van der Waals surface area contributed by atoms with Gasteiger partial charge in [0.1, 0.15) is 29.6 Å². The number of nitrogens with zero attached hydrogens (tertiary/aromatic N) is 8. The number of nitrogens with one attached hydrogen (secondary N) is 2. The van der Waals surface area contributed by atoms with Crippen molar-refractivity contribution in [1.29, 1.82) is 5.26 Å². The second kappa shape index (κ2) is 8.78. The number of nitriles is 1. The van der Waals surface area contributed by atoms with Gasteiger partial charge < -0.3 is 10.6 Å². The van der Waals surface area contributed by atoms with E-state index >= 15 is 4.39 Å². The van der Waals surface area contributed by atoms with Crippen LogP contribution in [0.3, 0.4) is 0 Å². The van der Waals surface area contributed by atoms with Gasteiger partial charge in [-0.1, -0.05) is 0 Å². The molecule has 1 saturated carbocycles. The molecule has 10 nitrogen and oxygen atoms in total. The quantitative estimate of drug-likeness (QED) is 0.525. The summed E-state index contributed by atoms with van der Waals surface area (Å²) in [6.07, 6.45) is 6.75. The molecule has 0 unspecified atom stereocenters. The van der Waals surface area contributed by atoms with Crippen molar-refractivity contribution in [3.05, 3.63) is 41.6 Å². The summed E-state index contributed by atoms with van der Waals surface area (Å²) in [4.78, 5) is 11.2. The van der Waals surface area contributed by atoms with Crippen LogP contribution >= 0.6 is 0 Å². The van der Waals surface area contributed by atoms with Crippen molar-refractivity contribution in [2.45, 2.75) is 76.4 Å². The van der Waals surface area contributed by atoms with Gasteiger partial charge in [0.25, 0.3) is 0 Å². The SMILES string of the molecule is CN1C(C)(C)CC(Nc2nc(Nc3cc(-n4cnnn4)c(C4CC4)cc3F)ncc2C#N)CC1(C)C. The van der Waals surface area contributed by atoms with Crippen LogP contribution in [-0.4, -0.2) is 59.2 Å². The van der Waals surface area contributed by atoms with Gasteiger partial charge >= 0.3 is 0 Å². The lowest BCUT2D eigenvalue weighted by Gasteiger charge is -2.53. The Balaban J connectivity index is 1.43. The van der Waals surface area contributed by atoms with Crippen LogP contribution in [0.1, 0.15) is 70.4 Å². The van der Waals surface area contributed by atoms with Gasteiger partial charge in [-0.2, -0.15) is 10.2 Å². The molecule has 0 atom stereocenters. The normalized spacial score (nSPS) is 19.6. The molecule has 0 amide bonds. The Morgan fingerprint density at radius 1 is 1.14 bits per heavy atom. The summed E-state index contributed by atoms with van der Waals surface area (Å²) in [6, 6.07) is 5.49. The standard InChI is InChI=1S/C25H31FN10/c1-24(2)10-17(11-25(3,4)35(24)5)30-22-16(12-27)13-28-23(32-22)31-20-9-21(36-14-29-33-34-36)18(8-19(20)26)15-6-7-15/h8-9,13-15,17H,6-7,10-11H2,1-5H3,(H2,28,30,31,32). The molecule has 0 spiro atoms. The highest BCUT2D eigenvalue weighted by atomic mass is 19.1. The maximum atomic E-state index is 15.1. The van der Waals surface area contributed by atoms with Gasteiger partial charge in [-0.3, -0.25) is 4.90 Å². The maximum absolute atomic E-state index is 15.1. The largest absolute Gasteiger partial charge is 0.366 e. The van der Waals surface area contributed by atoms with Gasteiger partial charge in [0, 0.05) is 17.1 Å². The lowest BCUT2D eigenvalue weighted by molar-refractivity contribution is -0.00773. The summed E-state index contributed by atoms with van der Waals surface area (Å²) in [5.41, 5.74) is 2.09. The topological polar surface area (TPSA) is 120 Å². The molecule has 3 aromatic rings. The summed E-state index contributed by atoms with van der Waals surface area (Å²) in [7, 11) is 2.15. The predicted octanol–water partition coefficient (Wildman–Crippen LogP) is 4.15. The summed E-state index contributed by atoms with van der Waals surface area (Å²) in [6.45, 7) is 8.88. The van der Waals surface area contributed by atoms with Crippen LogP contribution in [0, 0.1) is 17.1 Å². The minimum atomic E-state index is -0.407. The second-order valence-corrected chi connectivity index (χ2v) is 11.0. The summed E-state index contributed by atoms with van der Waals surface area (Å²) in [5, 5.41) is 27.6. The molecule has 1 aromatic carbocycles. The Bertz CT molecular complexity index is 1290. The summed E-state index contributed by atoms with van der Waals surface area (Å²) >= 11 is 0. The minimum Gasteiger partial charge on any atom is -0.366 e. The van der Waals surface area contributed by atoms with E-state index in [0.29, 0.717) is 23.0 Å². The number of benzene rings is 1. The Labute approximate surface area is 209 Å². The number of piperidine rings is 1. The first-order valence-electron chi connectivity index (χ1n) is 12.2. The third kappa shape index (κ3) is 4.60. The smallest absolute Gasteiger partial charge is 0.229 e. The van der Waals surface area contributed by atoms with Crippen molar-refractivity contribution in [2.75, 3.05) is 17.7 Å². The molecule has 36 heavy (non-hydrogen) atoms. The van der Waals surface area contributed by atoms with Crippen molar-refractivity contribution >= 4 is 17.5 Å². The average Bonchev–Trinajstić information content (AvgIpc) is 3.52. The van der Waals surface area contributed by atoms with Crippen LogP contribution in [0.2, 0.25) is 0 Å². The first-order valence-corrected chi connectivity index (χ1v) is 12.2. The highest BCUT2D eigenvalue weighted by Crippen LogP contribution is 2.44. The van der Waals surface area contributed by atoms with E-state index in [0.717, 1.165) is 31.2 Å². The van der Waals surface area contributed by atoms with Crippen molar-refractivity contribution in [2.24, 2.45) is 0 Å². The van der Waals surface area contributed by atoms with Crippen molar-refractivity contribution < 1.29 is 4.39 Å². The van der Waals surface area contributed by atoms with Gasteiger partial charge in [0.2, 0.25) is 5.95 Å². The van der Waals surface area contributed by atoms with Gasteiger partial charge in [0.05, 0.1) is 17.6 Å². The third-order valence-corrected chi connectivity index (χ3v) is 7.53. The van der Waals surface area contributed by atoms with Crippen LogP contribution in [0.15, 0.2) is 24.7 Å². The maximum Gasteiger partial charge on any atom is 0.229 e. The minimum absolute atomic E-state index is 0.0284. The molecule has 2 fully saturated rings. The fraction of sp³-hybridized carbons (Fsp3) is 0.520. The molecular weight excluding hydrogens is 459 g/mol. The van der Waals surface area contributed by atoms with E-state index in [-0.39, 0.29) is 28.8 Å². The highest BCUT2D eigenvalue weighted by molar-refractivity contribution is 5.64. The molecule has 2 aromatic heterocycles. The molecule has 1 saturated heterocycles. The zero-order valence-electron chi connectivity index (χ0n) is 21.2. The van der Waals surface area contributed by atoms with Gasteiger partial charge in [-0.15, -0.1) is 5.10 Å². The molecule has 11 heteroatoms. The summed E-state index contributed by atoms with van der Waals surface area (Å²) < 4.78 is 16.7. The molecule has 2 N–H and O–H groups in total. The third-order valence-electron chi connectivity index (χ3n) is 7.53. The molecule has 5 rings (SSSR count). The average molecular weight is 491 g/mol. The van der Waals surface area contributed by atoms with Crippen molar-refractivity contribution in [1.82, 2.24) is 35.1 Å². The Hall–Kier alpha value is -3.65. The monoisotopic (exact) mass is 490 g/mol. The first-order chi connectivity index (χ1) is 17.1. The number of aromatic nitrogens is 6. The number of hydrogen-bond donors (Lipinski definition) is 2. The van der Waals surface area contributed by atoms with Gasteiger partial charge in [-0.05, 0) is 94.5 Å². The van der Waals surface area contributed by atoms with E-state index in [4.69, 9.17) is 0 Å². The molecule has 0 bridgehead atoms. The van der Waals surface area contributed by atoms with E-state index in [1.807, 2.05) is 0 Å². The molecule has 0 radical (unpaired) electrons. The molecular formula is C25H31FN10. The van der Waals surface area contributed by atoms with E-state index in [9.17, 15) is 5.26 Å². The predicted molar refractivity (Wildman–Crippen MR) is 134 cm³/mol. The fourth-order valence-corrected chi connectivity index (χ4v) is 5.29. The zero-order chi connectivity index (χ0) is 25.7. The molecule has 3 heterocycles. The van der Waals surface area contributed by atoms with E-state index in [1.165, 1.54) is 23.3 Å². The van der Waals surface area contributed by atoms with E-state index in [1.54, 1.807) is 6.07 Å². The number of rotatable bonds is 6. The second-order valence-electron chi connectivity index (χ2n) is 11.0. The zero-order valence-corrected chi connectivity index (χ0v) is 21.2. The van der Waals surface area contributed by atoms with Crippen LogP contribution in [0.4, 0.5) is 21.8 Å². The number of anilines is 3. The lowest BCUT2D eigenvalue weighted by Crippen LogP contribution is -2.61. The number of hydrogen-bond acceptors (Lipinski definition) is 9. The van der Waals surface area contributed by atoms with E-state index in [2.05, 4.69) is 81.8 Å². The fourth-order valence-electron chi connectivity index (χ4n) is 5.29. The molecule has 2 aliphatic rings. The number of likely N-dealkylation sites (tertiary alicyclic amines) is 1. The Morgan fingerprint density at radius 3 is 2.47 bits per heavy atom. The van der Waals surface area contributed by atoms with Crippen LogP contribution in [0.5, 0.6) is 0 Å². The Kier molecular flexibility index (Phi) is 5.87. The van der Waals surface area contributed by atoms with Crippen molar-refractivity contribution in [3.63, 3.8) is 0 Å². The van der Waals surface area contributed by atoms with E-state index < -0.39 is 5.82 Å².